The molecule has 5 aliphatic rings. The van der Waals surface area contributed by atoms with Gasteiger partial charge < -0.3 is 14.2 Å². The molecule has 8 atom stereocenters. The average Bonchev–Trinajstić information content (AvgIpc) is 3.02. The second-order valence-corrected chi connectivity index (χ2v) is 8.74. The maximum atomic E-state index is 11.1. The zero-order valence-corrected chi connectivity index (χ0v) is 14.9. The van der Waals surface area contributed by atoms with E-state index in [1.54, 1.807) is 0 Å². The van der Waals surface area contributed by atoms with Gasteiger partial charge in [-0.3, -0.25) is 4.79 Å². The number of carbonyl (C=O) groups is 1. The van der Waals surface area contributed by atoms with Crippen molar-refractivity contribution in [2.45, 2.75) is 44.8 Å². The van der Waals surface area contributed by atoms with Crippen molar-refractivity contribution in [1.82, 2.24) is 0 Å². The van der Waals surface area contributed by atoms with E-state index < -0.39 is 0 Å². The summed E-state index contributed by atoms with van der Waals surface area (Å²) in [5, 5.41) is 0. The van der Waals surface area contributed by atoms with Crippen molar-refractivity contribution in [3.8, 4) is 0 Å². The third-order valence-electron chi connectivity index (χ3n) is 7.03. The van der Waals surface area contributed by atoms with E-state index in [2.05, 4.69) is 18.2 Å². The van der Waals surface area contributed by atoms with Crippen molar-refractivity contribution in [2.24, 2.45) is 35.5 Å². The molecule has 25 heavy (non-hydrogen) atoms. The SMILES string of the molecule is CC(=O)OCC1CC2C=C(C3OC3COCC3CC4C=CC3C4)C1C2. The van der Waals surface area contributed by atoms with Gasteiger partial charge in [-0.25, -0.2) is 0 Å². The van der Waals surface area contributed by atoms with E-state index in [1.165, 1.54) is 31.8 Å². The Balaban J connectivity index is 1.08. The largest absolute Gasteiger partial charge is 0.466 e. The minimum absolute atomic E-state index is 0.169. The fraction of sp³-hybridized carbons (Fsp3) is 0.762. The van der Waals surface area contributed by atoms with E-state index in [4.69, 9.17) is 14.2 Å². The van der Waals surface area contributed by atoms with Gasteiger partial charge in [0, 0.05) is 12.8 Å². The maximum Gasteiger partial charge on any atom is 0.302 e. The molecular formula is C21H28O4. The topological polar surface area (TPSA) is 48.1 Å². The molecule has 1 aliphatic heterocycles. The minimum Gasteiger partial charge on any atom is -0.466 e. The molecule has 1 heterocycles. The molecule has 0 aromatic heterocycles. The van der Waals surface area contributed by atoms with Gasteiger partial charge in [0.1, 0.15) is 12.2 Å². The first-order chi connectivity index (χ1) is 12.2. The van der Waals surface area contributed by atoms with Gasteiger partial charge in [-0.2, -0.15) is 0 Å². The van der Waals surface area contributed by atoms with E-state index in [9.17, 15) is 4.79 Å². The van der Waals surface area contributed by atoms with E-state index in [0.29, 0.717) is 24.4 Å². The Bertz CT molecular complexity index is 609. The lowest BCUT2D eigenvalue weighted by Gasteiger charge is -2.22. The molecule has 4 bridgehead atoms. The van der Waals surface area contributed by atoms with Crippen LogP contribution < -0.4 is 0 Å². The van der Waals surface area contributed by atoms with E-state index in [-0.39, 0.29) is 18.2 Å². The van der Waals surface area contributed by atoms with Gasteiger partial charge in [-0.15, -0.1) is 0 Å². The Morgan fingerprint density at radius 2 is 1.96 bits per heavy atom. The monoisotopic (exact) mass is 344 g/mol. The lowest BCUT2D eigenvalue weighted by molar-refractivity contribution is -0.142. The summed E-state index contributed by atoms with van der Waals surface area (Å²) in [4.78, 5) is 11.1. The number of ether oxygens (including phenoxy) is 3. The Hall–Kier alpha value is -1.13. The van der Waals surface area contributed by atoms with Crippen LogP contribution in [0, 0.1) is 35.5 Å². The molecule has 4 heteroatoms. The standard InChI is InChI=1S/C21H28O4/c1-12(22)24-10-17-6-14-7-18(17)19(8-14)21-20(25-21)11-23-9-16-5-13-2-3-15(16)4-13/h2-3,8,13-18,20-21H,4-7,9-11H2,1H3. The molecule has 3 fully saturated rings. The Morgan fingerprint density at radius 1 is 1.08 bits per heavy atom. The molecule has 0 N–H and O–H groups in total. The van der Waals surface area contributed by atoms with Crippen molar-refractivity contribution in [3.63, 3.8) is 0 Å². The van der Waals surface area contributed by atoms with Crippen molar-refractivity contribution < 1.29 is 19.0 Å². The molecule has 1 saturated heterocycles. The smallest absolute Gasteiger partial charge is 0.302 e. The summed E-state index contributed by atoms with van der Waals surface area (Å²) >= 11 is 0. The average molecular weight is 344 g/mol. The number of esters is 1. The fourth-order valence-electron chi connectivity index (χ4n) is 5.81. The molecule has 0 amide bonds. The van der Waals surface area contributed by atoms with Gasteiger partial charge in [0.05, 0.1) is 19.8 Å². The van der Waals surface area contributed by atoms with Gasteiger partial charge in [0.25, 0.3) is 0 Å². The maximum absolute atomic E-state index is 11.1. The van der Waals surface area contributed by atoms with Crippen LogP contribution in [0.15, 0.2) is 23.8 Å². The number of rotatable bonds is 7. The molecule has 0 radical (unpaired) electrons. The van der Waals surface area contributed by atoms with Crippen LogP contribution in [0.4, 0.5) is 0 Å². The van der Waals surface area contributed by atoms with E-state index >= 15 is 0 Å². The van der Waals surface area contributed by atoms with Crippen LogP contribution in [-0.2, 0) is 19.0 Å². The minimum atomic E-state index is -0.169. The van der Waals surface area contributed by atoms with E-state index in [0.717, 1.165) is 37.4 Å². The summed E-state index contributed by atoms with van der Waals surface area (Å²) in [6.45, 7) is 3.68. The van der Waals surface area contributed by atoms with Gasteiger partial charge in [-0.05, 0) is 60.8 Å². The van der Waals surface area contributed by atoms with Gasteiger partial charge in [0.2, 0.25) is 0 Å². The van der Waals surface area contributed by atoms with Crippen LogP contribution in [0.5, 0.6) is 0 Å². The highest BCUT2D eigenvalue weighted by Gasteiger charge is 2.51. The highest BCUT2D eigenvalue weighted by atomic mass is 16.6. The molecule has 4 aliphatic carbocycles. The molecular weight excluding hydrogens is 316 g/mol. The number of carbonyl (C=O) groups excluding carboxylic acids is 1. The van der Waals surface area contributed by atoms with Crippen LogP contribution in [-0.4, -0.2) is 38.0 Å². The van der Waals surface area contributed by atoms with Gasteiger partial charge in [-0.1, -0.05) is 18.2 Å². The molecule has 0 aromatic carbocycles. The van der Waals surface area contributed by atoms with E-state index in [1.807, 2.05) is 0 Å². The summed E-state index contributed by atoms with van der Waals surface area (Å²) in [6.07, 6.45) is 12.7. The first kappa shape index (κ1) is 16.1. The second kappa shape index (κ2) is 6.24. The van der Waals surface area contributed by atoms with Gasteiger partial charge >= 0.3 is 5.97 Å². The fourth-order valence-corrected chi connectivity index (χ4v) is 5.81. The lowest BCUT2D eigenvalue weighted by atomic mass is 9.85. The summed E-state index contributed by atoms with van der Waals surface area (Å²) in [7, 11) is 0. The molecule has 0 spiro atoms. The number of allylic oxidation sites excluding steroid dienone is 3. The molecule has 136 valence electrons. The van der Waals surface area contributed by atoms with Crippen LogP contribution in [0.3, 0.4) is 0 Å². The van der Waals surface area contributed by atoms with Crippen LogP contribution in [0.1, 0.15) is 32.6 Å². The Kier molecular flexibility index (Phi) is 4.01. The second-order valence-electron chi connectivity index (χ2n) is 8.74. The third kappa shape index (κ3) is 3.08. The number of hydrogen-bond donors (Lipinski definition) is 0. The number of hydrogen-bond acceptors (Lipinski definition) is 4. The Morgan fingerprint density at radius 3 is 2.68 bits per heavy atom. The number of epoxide rings is 1. The molecule has 2 saturated carbocycles. The van der Waals surface area contributed by atoms with Crippen molar-refractivity contribution in [1.29, 1.82) is 0 Å². The van der Waals surface area contributed by atoms with Crippen LogP contribution in [0.25, 0.3) is 0 Å². The molecule has 8 unspecified atom stereocenters. The van der Waals surface area contributed by atoms with Crippen LogP contribution >= 0.6 is 0 Å². The normalized spacial score (nSPS) is 45.9. The summed E-state index contributed by atoms with van der Waals surface area (Å²) in [6, 6.07) is 0. The van der Waals surface area contributed by atoms with Crippen LogP contribution in [0.2, 0.25) is 0 Å². The van der Waals surface area contributed by atoms with Crippen molar-refractivity contribution in [2.75, 3.05) is 19.8 Å². The van der Waals surface area contributed by atoms with Crippen molar-refractivity contribution in [3.05, 3.63) is 23.8 Å². The zero-order valence-electron chi connectivity index (χ0n) is 14.9. The molecule has 4 nitrogen and oxygen atoms in total. The predicted molar refractivity (Wildman–Crippen MR) is 92.7 cm³/mol. The summed E-state index contributed by atoms with van der Waals surface area (Å²) in [5.41, 5.74) is 1.46. The predicted octanol–water partition coefficient (Wildman–Crippen LogP) is 3.13. The molecule has 0 aromatic rings. The highest BCUT2D eigenvalue weighted by Crippen LogP contribution is 2.52. The zero-order chi connectivity index (χ0) is 17.0. The molecule has 5 rings (SSSR count). The third-order valence-corrected chi connectivity index (χ3v) is 7.03. The quantitative estimate of drug-likeness (QED) is 0.404. The summed E-state index contributed by atoms with van der Waals surface area (Å²) < 4.78 is 17.2. The first-order valence-corrected chi connectivity index (χ1v) is 9.94. The van der Waals surface area contributed by atoms with Crippen molar-refractivity contribution >= 4 is 5.97 Å². The lowest BCUT2D eigenvalue weighted by Crippen LogP contribution is -2.22. The first-order valence-electron chi connectivity index (χ1n) is 9.94. The summed E-state index contributed by atoms with van der Waals surface area (Å²) in [5.74, 6) is 3.83. The highest BCUT2D eigenvalue weighted by molar-refractivity contribution is 5.65. The number of fused-ring (bicyclic) bond motifs is 4. The van der Waals surface area contributed by atoms with Gasteiger partial charge in [0.15, 0.2) is 0 Å². The Labute approximate surface area is 149 Å².